The zero-order valence-electron chi connectivity index (χ0n) is 13.6. The fraction of sp³-hybridized carbons (Fsp3) is 0.150. The molecule has 3 nitrogen and oxygen atoms in total. The van der Waals surface area contributed by atoms with Crippen molar-refractivity contribution in [2.75, 3.05) is 0 Å². The van der Waals surface area contributed by atoms with Crippen LogP contribution in [0, 0.1) is 12.7 Å². The predicted molar refractivity (Wildman–Crippen MR) is 94.2 cm³/mol. The minimum absolute atomic E-state index is 0.218. The van der Waals surface area contributed by atoms with Crippen LogP contribution in [-0.4, -0.2) is 9.97 Å². The number of hydrogen-bond acceptors (Lipinski definition) is 2. The number of halogens is 1. The van der Waals surface area contributed by atoms with Crippen LogP contribution in [0.25, 0.3) is 21.8 Å². The summed E-state index contributed by atoms with van der Waals surface area (Å²) >= 11 is 0. The lowest BCUT2D eigenvalue weighted by molar-refractivity contribution is 0.450. The van der Waals surface area contributed by atoms with E-state index in [0.29, 0.717) is 11.1 Å². The number of aryl methyl sites for hydroxylation is 2. The molecule has 0 saturated carbocycles. The van der Waals surface area contributed by atoms with Crippen molar-refractivity contribution in [3.8, 4) is 11.5 Å². The van der Waals surface area contributed by atoms with Crippen LogP contribution in [0.4, 0.5) is 4.39 Å². The summed E-state index contributed by atoms with van der Waals surface area (Å²) in [5, 5.41) is 1.43. The van der Waals surface area contributed by atoms with E-state index in [4.69, 9.17) is 4.74 Å². The molecule has 0 aliphatic rings. The SMILES string of the molecule is CCc1ccc2nccc(Oc3ccc4[nH]c(C)cc4c3F)c2c1. The minimum Gasteiger partial charge on any atom is -0.453 e. The van der Waals surface area contributed by atoms with Crippen LogP contribution in [-0.2, 0) is 6.42 Å². The van der Waals surface area contributed by atoms with Crippen molar-refractivity contribution in [1.29, 1.82) is 0 Å². The van der Waals surface area contributed by atoms with E-state index in [1.54, 1.807) is 24.4 Å². The molecule has 0 radical (unpaired) electrons. The van der Waals surface area contributed by atoms with Gasteiger partial charge in [0, 0.05) is 28.2 Å². The Bertz CT molecular complexity index is 1050. The van der Waals surface area contributed by atoms with Gasteiger partial charge in [-0.3, -0.25) is 4.98 Å². The lowest BCUT2D eigenvalue weighted by Crippen LogP contribution is -1.92. The third-order valence-electron chi connectivity index (χ3n) is 4.23. The number of rotatable bonds is 3. The number of ether oxygens (including phenoxy) is 1. The van der Waals surface area contributed by atoms with Crippen molar-refractivity contribution >= 4 is 21.8 Å². The molecule has 1 N–H and O–H groups in total. The van der Waals surface area contributed by atoms with Gasteiger partial charge in [-0.05, 0) is 55.3 Å². The van der Waals surface area contributed by atoms with E-state index in [9.17, 15) is 4.39 Å². The Balaban J connectivity index is 1.83. The van der Waals surface area contributed by atoms with Crippen LogP contribution < -0.4 is 4.74 Å². The van der Waals surface area contributed by atoms with E-state index >= 15 is 0 Å². The van der Waals surface area contributed by atoms with E-state index in [-0.39, 0.29) is 11.6 Å². The molecule has 0 spiro atoms. The Morgan fingerprint density at radius 3 is 2.75 bits per heavy atom. The van der Waals surface area contributed by atoms with E-state index in [1.165, 1.54) is 5.56 Å². The van der Waals surface area contributed by atoms with Gasteiger partial charge in [-0.15, -0.1) is 0 Å². The molecule has 0 aliphatic carbocycles. The van der Waals surface area contributed by atoms with Crippen LogP contribution in [0.2, 0.25) is 0 Å². The fourth-order valence-corrected chi connectivity index (χ4v) is 2.96. The number of H-pyrrole nitrogens is 1. The van der Waals surface area contributed by atoms with Crippen molar-refractivity contribution < 1.29 is 9.13 Å². The number of fused-ring (bicyclic) bond motifs is 2. The predicted octanol–water partition coefficient (Wildman–Crippen LogP) is 5.52. The molecule has 0 atom stereocenters. The van der Waals surface area contributed by atoms with Gasteiger partial charge < -0.3 is 9.72 Å². The zero-order valence-corrected chi connectivity index (χ0v) is 13.6. The molecule has 0 unspecified atom stereocenters. The van der Waals surface area contributed by atoms with Gasteiger partial charge in [-0.2, -0.15) is 0 Å². The first-order valence-corrected chi connectivity index (χ1v) is 7.99. The molecule has 2 aromatic heterocycles. The normalized spacial score (nSPS) is 11.3. The molecular formula is C20H17FN2O. The average Bonchev–Trinajstić information content (AvgIpc) is 2.98. The first-order valence-electron chi connectivity index (χ1n) is 7.99. The molecule has 0 amide bonds. The number of pyridine rings is 1. The highest BCUT2D eigenvalue weighted by Crippen LogP contribution is 2.33. The maximum atomic E-state index is 14.8. The van der Waals surface area contributed by atoms with E-state index < -0.39 is 0 Å². The van der Waals surface area contributed by atoms with E-state index in [1.807, 2.05) is 25.1 Å². The second kappa shape index (κ2) is 5.64. The van der Waals surface area contributed by atoms with Gasteiger partial charge in [0.2, 0.25) is 0 Å². The maximum absolute atomic E-state index is 14.8. The molecule has 4 aromatic rings. The maximum Gasteiger partial charge on any atom is 0.175 e. The monoisotopic (exact) mass is 320 g/mol. The summed E-state index contributed by atoms with van der Waals surface area (Å²) in [6.07, 6.45) is 2.60. The summed E-state index contributed by atoms with van der Waals surface area (Å²) in [6, 6.07) is 13.1. The number of aromatic amines is 1. The topological polar surface area (TPSA) is 37.9 Å². The Hall–Kier alpha value is -2.88. The first-order chi connectivity index (χ1) is 11.7. The summed E-state index contributed by atoms with van der Waals surface area (Å²) in [6.45, 7) is 4.00. The minimum atomic E-state index is -0.353. The second-order valence-electron chi connectivity index (χ2n) is 5.91. The highest BCUT2D eigenvalue weighted by Gasteiger charge is 2.13. The Morgan fingerprint density at radius 1 is 1.04 bits per heavy atom. The quantitative estimate of drug-likeness (QED) is 0.540. The number of hydrogen-bond donors (Lipinski definition) is 1. The lowest BCUT2D eigenvalue weighted by atomic mass is 10.1. The smallest absolute Gasteiger partial charge is 0.175 e. The molecule has 4 rings (SSSR count). The summed E-state index contributed by atoms with van der Waals surface area (Å²) < 4.78 is 20.7. The second-order valence-corrected chi connectivity index (χ2v) is 5.91. The molecule has 2 heterocycles. The van der Waals surface area contributed by atoms with E-state index in [2.05, 4.69) is 23.0 Å². The molecule has 2 aromatic carbocycles. The van der Waals surface area contributed by atoms with Crippen LogP contribution in [0.1, 0.15) is 18.2 Å². The van der Waals surface area contributed by atoms with Gasteiger partial charge >= 0.3 is 0 Å². The molecule has 120 valence electrons. The van der Waals surface area contributed by atoms with Crippen LogP contribution in [0.15, 0.2) is 48.7 Å². The molecular weight excluding hydrogens is 303 g/mol. The third-order valence-corrected chi connectivity index (χ3v) is 4.23. The Morgan fingerprint density at radius 2 is 1.92 bits per heavy atom. The third kappa shape index (κ3) is 2.40. The summed E-state index contributed by atoms with van der Waals surface area (Å²) in [5.41, 5.74) is 3.72. The number of nitrogens with one attached hydrogen (secondary N) is 1. The first kappa shape index (κ1) is 14.7. The van der Waals surface area contributed by atoms with Gasteiger partial charge in [0.05, 0.1) is 5.52 Å². The zero-order chi connectivity index (χ0) is 16.7. The highest BCUT2D eigenvalue weighted by atomic mass is 19.1. The van der Waals surface area contributed by atoms with Crippen LogP contribution >= 0.6 is 0 Å². The lowest BCUT2D eigenvalue weighted by Gasteiger charge is -2.10. The van der Waals surface area contributed by atoms with Gasteiger partial charge in [-0.1, -0.05) is 13.0 Å². The van der Waals surface area contributed by atoms with Crippen LogP contribution in [0.5, 0.6) is 11.5 Å². The van der Waals surface area contributed by atoms with Crippen molar-refractivity contribution in [2.24, 2.45) is 0 Å². The van der Waals surface area contributed by atoms with Crippen molar-refractivity contribution in [2.45, 2.75) is 20.3 Å². The summed E-state index contributed by atoms with van der Waals surface area (Å²) in [4.78, 5) is 7.49. The number of nitrogens with zero attached hydrogens (tertiary/aromatic N) is 1. The van der Waals surface area contributed by atoms with Gasteiger partial charge in [0.25, 0.3) is 0 Å². The van der Waals surface area contributed by atoms with Crippen molar-refractivity contribution in [1.82, 2.24) is 9.97 Å². The number of aromatic nitrogens is 2. The van der Waals surface area contributed by atoms with Crippen LogP contribution in [0.3, 0.4) is 0 Å². The van der Waals surface area contributed by atoms with Gasteiger partial charge in [0.1, 0.15) is 5.75 Å². The Labute approximate surface area is 139 Å². The number of benzene rings is 2. The largest absolute Gasteiger partial charge is 0.453 e. The summed E-state index contributed by atoms with van der Waals surface area (Å²) in [5.74, 6) is 0.477. The standard InChI is InChI=1S/C20H17FN2O/c1-3-13-4-5-16-14(11-13)18(8-9-22-16)24-19-7-6-17-15(20(19)21)10-12(2)23-17/h4-11,23H,3H2,1-2H3. The molecule has 24 heavy (non-hydrogen) atoms. The average molecular weight is 320 g/mol. The molecule has 0 saturated heterocycles. The molecule has 0 fully saturated rings. The molecule has 0 bridgehead atoms. The molecule has 0 aliphatic heterocycles. The van der Waals surface area contributed by atoms with Crippen molar-refractivity contribution in [3.63, 3.8) is 0 Å². The van der Waals surface area contributed by atoms with Crippen molar-refractivity contribution in [3.05, 3.63) is 65.7 Å². The fourth-order valence-electron chi connectivity index (χ4n) is 2.96. The summed E-state index contributed by atoms with van der Waals surface area (Å²) in [7, 11) is 0. The van der Waals surface area contributed by atoms with E-state index in [0.717, 1.165) is 28.5 Å². The highest BCUT2D eigenvalue weighted by molar-refractivity contribution is 5.86. The van der Waals surface area contributed by atoms with Gasteiger partial charge in [0.15, 0.2) is 11.6 Å². The van der Waals surface area contributed by atoms with Gasteiger partial charge in [-0.25, -0.2) is 4.39 Å². The molecule has 4 heteroatoms. The Kier molecular flexibility index (Phi) is 3.45.